The van der Waals surface area contributed by atoms with Crippen molar-refractivity contribution in [1.82, 2.24) is 0 Å². The summed E-state index contributed by atoms with van der Waals surface area (Å²) in [5, 5.41) is 20.3. The standard InChI is InChI=1S/C27H27FO5/c1-15(2)20-13-21(16(3)4)25(27(31)32)23(24(20)26(29)30)19-11-10-18(28)12-22(19)33-14-17-8-6-5-7-9-17/h5-13,15-16H,14H2,1-4H3,(H,29,30)(H,31,32). The topological polar surface area (TPSA) is 83.8 Å². The molecule has 0 aliphatic carbocycles. The maximum atomic E-state index is 14.2. The van der Waals surface area contributed by atoms with Crippen LogP contribution in [0.4, 0.5) is 4.39 Å². The van der Waals surface area contributed by atoms with Crippen LogP contribution in [0.2, 0.25) is 0 Å². The van der Waals surface area contributed by atoms with E-state index in [1.165, 1.54) is 12.1 Å². The minimum absolute atomic E-state index is 0.0351. The zero-order chi connectivity index (χ0) is 24.3. The van der Waals surface area contributed by atoms with Gasteiger partial charge in [0.2, 0.25) is 0 Å². The minimum atomic E-state index is -1.25. The number of ether oxygens (including phenoxy) is 1. The van der Waals surface area contributed by atoms with Gasteiger partial charge in [-0.05, 0) is 40.7 Å². The Morgan fingerprint density at radius 2 is 1.39 bits per heavy atom. The molecule has 3 aromatic carbocycles. The molecule has 0 unspecified atom stereocenters. The number of carbonyl (C=O) groups is 2. The van der Waals surface area contributed by atoms with E-state index in [2.05, 4.69) is 0 Å². The summed E-state index contributed by atoms with van der Waals surface area (Å²) in [7, 11) is 0. The van der Waals surface area contributed by atoms with Crippen LogP contribution in [0.5, 0.6) is 5.75 Å². The molecule has 0 aliphatic heterocycles. The molecule has 0 amide bonds. The highest BCUT2D eigenvalue weighted by molar-refractivity contribution is 6.08. The third-order valence-corrected chi connectivity index (χ3v) is 5.51. The number of hydrogen-bond acceptors (Lipinski definition) is 3. The number of aromatic carboxylic acids is 2. The van der Waals surface area contributed by atoms with E-state index in [1.54, 1.807) is 6.07 Å². The summed E-state index contributed by atoms with van der Waals surface area (Å²) < 4.78 is 20.1. The maximum Gasteiger partial charge on any atom is 0.336 e. The smallest absolute Gasteiger partial charge is 0.336 e. The third-order valence-electron chi connectivity index (χ3n) is 5.51. The number of rotatable bonds is 8. The van der Waals surface area contributed by atoms with Crippen LogP contribution in [0.15, 0.2) is 54.6 Å². The molecule has 0 fully saturated rings. The van der Waals surface area contributed by atoms with Crippen LogP contribution >= 0.6 is 0 Å². The van der Waals surface area contributed by atoms with Gasteiger partial charge in [-0.2, -0.15) is 0 Å². The quantitative estimate of drug-likeness (QED) is 0.398. The first-order chi connectivity index (χ1) is 15.6. The minimum Gasteiger partial charge on any atom is -0.488 e. The lowest BCUT2D eigenvalue weighted by atomic mass is 9.81. The molecule has 0 bridgehead atoms. The highest BCUT2D eigenvalue weighted by Gasteiger charge is 2.30. The fourth-order valence-electron chi connectivity index (χ4n) is 3.92. The van der Waals surface area contributed by atoms with E-state index in [1.807, 2.05) is 58.0 Å². The van der Waals surface area contributed by atoms with Gasteiger partial charge in [-0.25, -0.2) is 14.0 Å². The Balaban J connectivity index is 2.35. The summed E-state index contributed by atoms with van der Waals surface area (Å²) in [5.74, 6) is -3.33. The molecule has 0 heterocycles. The normalized spacial score (nSPS) is 11.1. The molecule has 0 aliphatic rings. The molecule has 2 N–H and O–H groups in total. The maximum absolute atomic E-state index is 14.2. The Morgan fingerprint density at radius 3 is 1.88 bits per heavy atom. The second-order valence-corrected chi connectivity index (χ2v) is 8.51. The first-order valence-corrected chi connectivity index (χ1v) is 10.8. The predicted molar refractivity (Wildman–Crippen MR) is 125 cm³/mol. The average molecular weight is 451 g/mol. The lowest BCUT2D eigenvalue weighted by Crippen LogP contribution is -2.16. The molecule has 6 heteroatoms. The highest BCUT2D eigenvalue weighted by Crippen LogP contribution is 2.42. The van der Waals surface area contributed by atoms with Gasteiger partial charge in [0.1, 0.15) is 18.2 Å². The Morgan fingerprint density at radius 1 is 0.848 bits per heavy atom. The Kier molecular flexibility index (Phi) is 7.16. The van der Waals surface area contributed by atoms with E-state index in [0.29, 0.717) is 11.1 Å². The summed E-state index contributed by atoms with van der Waals surface area (Å²) >= 11 is 0. The van der Waals surface area contributed by atoms with Gasteiger partial charge >= 0.3 is 11.9 Å². The summed E-state index contributed by atoms with van der Waals surface area (Å²) in [5.41, 5.74) is 1.92. The van der Waals surface area contributed by atoms with E-state index in [-0.39, 0.29) is 46.4 Å². The molecule has 172 valence electrons. The van der Waals surface area contributed by atoms with Crippen LogP contribution in [0.1, 0.15) is 76.9 Å². The van der Waals surface area contributed by atoms with Gasteiger partial charge in [-0.3, -0.25) is 0 Å². The van der Waals surface area contributed by atoms with Gasteiger partial charge in [0.25, 0.3) is 0 Å². The summed E-state index contributed by atoms with van der Waals surface area (Å²) in [6, 6.07) is 14.6. The molecular weight excluding hydrogens is 423 g/mol. The molecule has 3 aromatic rings. The van der Waals surface area contributed by atoms with Crippen molar-refractivity contribution in [3.63, 3.8) is 0 Å². The lowest BCUT2D eigenvalue weighted by Gasteiger charge is -2.23. The van der Waals surface area contributed by atoms with Gasteiger partial charge in [0.05, 0.1) is 11.1 Å². The van der Waals surface area contributed by atoms with Crippen molar-refractivity contribution >= 4 is 11.9 Å². The molecule has 33 heavy (non-hydrogen) atoms. The molecule has 0 saturated heterocycles. The van der Waals surface area contributed by atoms with Gasteiger partial charge in [-0.1, -0.05) is 64.1 Å². The Bertz CT molecular complexity index is 1140. The highest BCUT2D eigenvalue weighted by atomic mass is 19.1. The van der Waals surface area contributed by atoms with Crippen molar-refractivity contribution in [3.8, 4) is 16.9 Å². The monoisotopic (exact) mass is 450 g/mol. The molecule has 3 rings (SSSR count). The number of benzene rings is 3. The van der Waals surface area contributed by atoms with Gasteiger partial charge < -0.3 is 14.9 Å². The van der Waals surface area contributed by atoms with Crippen molar-refractivity contribution in [3.05, 3.63) is 88.2 Å². The van der Waals surface area contributed by atoms with Gasteiger partial charge in [-0.15, -0.1) is 0 Å². The van der Waals surface area contributed by atoms with E-state index in [9.17, 15) is 24.2 Å². The first kappa shape index (κ1) is 24.0. The predicted octanol–water partition coefficient (Wildman–Crippen LogP) is 6.71. The summed E-state index contributed by atoms with van der Waals surface area (Å²) in [4.78, 5) is 24.9. The average Bonchev–Trinajstić information content (AvgIpc) is 2.76. The van der Waals surface area contributed by atoms with Gasteiger partial charge in [0.15, 0.2) is 0 Å². The van der Waals surface area contributed by atoms with Crippen molar-refractivity contribution in [2.75, 3.05) is 0 Å². The van der Waals surface area contributed by atoms with E-state index >= 15 is 0 Å². The van der Waals surface area contributed by atoms with Crippen LogP contribution in [0.25, 0.3) is 11.1 Å². The number of carboxylic acids is 2. The Hall–Kier alpha value is -3.67. The van der Waals surface area contributed by atoms with Crippen LogP contribution in [0.3, 0.4) is 0 Å². The fraction of sp³-hybridized carbons (Fsp3) is 0.259. The summed E-state index contributed by atoms with van der Waals surface area (Å²) in [6.07, 6.45) is 0. The van der Waals surface area contributed by atoms with Crippen molar-refractivity contribution in [2.45, 2.75) is 46.1 Å². The van der Waals surface area contributed by atoms with Crippen molar-refractivity contribution in [1.29, 1.82) is 0 Å². The van der Waals surface area contributed by atoms with Gasteiger partial charge in [0, 0.05) is 17.2 Å². The molecular formula is C27H27FO5. The zero-order valence-electron chi connectivity index (χ0n) is 19.1. The van der Waals surface area contributed by atoms with Crippen LogP contribution in [-0.4, -0.2) is 22.2 Å². The Labute approximate surface area is 192 Å². The molecule has 0 spiro atoms. The van der Waals surface area contributed by atoms with Crippen LogP contribution in [0, 0.1) is 5.82 Å². The number of halogens is 1. The van der Waals surface area contributed by atoms with Crippen LogP contribution in [-0.2, 0) is 6.61 Å². The molecule has 0 radical (unpaired) electrons. The molecule has 0 atom stereocenters. The van der Waals surface area contributed by atoms with Crippen LogP contribution < -0.4 is 4.74 Å². The first-order valence-electron chi connectivity index (χ1n) is 10.8. The largest absolute Gasteiger partial charge is 0.488 e. The zero-order valence-corrected chi connectivity index (χ0v) is 19.1. The number of hydrogen-bond donors (Lipinski definition) is 2. The summed E-state index contributed by atoms with van der Waals surface area (Å²) in [6.45, 7) is 7.53. The second-order valence-electron chi connectivity index (χ2n) is 8.51. The van der Waals surface area contributed by atoms with E-state index in [0.717, 1.165) is 11.6 Å². The second kappa shape index (κ2) is 9.86. The number of carboxylic acid groups (broad SMARTS) is 2. The molecule has 0 saturated carbocycles. The van der Waals surface area contributed by atoms with E-state index in [4.69, 9.17) is 4.74 Å². The lowest BCUT2D eigenvalue weighted by molar-refractivity contribution is 0.0694. The van der Waals surface area contributed by atoms with E-state index < -0.39 is 17.8 Å². The van der Waals surface area contributed by atoms with Crippen molar-refractivity contribution < 1.29 is 28.9 Å². The third kappa shape index (κ3) is 5.06. The molecule has 5 nitrogen and oxygen atoms in total. The van der Waals surface area contributed by atoms with Crippen molar-refractivity contribution in [2.24, 2.45) is 0 Å². The SMILES string of the molecule is CC(C)c1cc(C(C)C)c(C(=O)O)c(-c2ccc(F)cc2OCc2ccccc2)c1C(=O)O. The molecule has 0 aromatic heterocycles. The fourth-order valence-corrected chi connectivity index (χ4v) is 3.92.